The van der Waals surface area contributed by atoms with Gasteiger partial charge in [-0.2, -0.15) is 0 Å². The van der Waals surface area contributed by atoms with Crippen LogP contribution in [0.25, 0.3) is 0 Å². The van der Waals surface area contributed by atoms with Crippen molar-refractivity contribution in [2.45, 2.75) is 45.6 Å². The molecule has 1 fully saturated rings. The van der Waals surface area contributed by atoms with Gasteiger partial charge in [-0.1, -0.05) is 19.1 Å². The second-order valence-electron chi connectivity index (χ2n) is 5.47. The molecule has 3 rings (SSSR count). The molecule has 21 heavy (non-hydrogen) atoms. The first kappa shape index (κ1) is 14.0. The third-order valence-electron chi connectivity index (χ3n) is 4.03. The second kappa shape index (κ2) is 6.20. The van der Waals surface area contributed by atoms with Gasteiger partial charge in [0.1, 0.15) is 11.6 Å². The van der Waals surface area contributed by atoms with E-state index in [1.165, 1.54) is 0 Å². The topological polar surface area (TPSA) is 59.7 Å². The van der Waals surface area contributed by atoms with Crippen LogP contribution in [-0.4, -0.2) is 38.1 Å². The average molecular weight is 286 g/mol. The summed E-state index contributed by atoms with van der Waals surface area (Å²) in [5, 5.41) is 8.06. The molecule has 0 bridgehead atoms. The number of hydrogen-bond donors (Lipinski definition) is 0. The van der Waals surface area contributed by atoms with E-state index in [4.69, 9.17) is 4.98 Å². The largest absolute Gasteiger partial charge is 0.354 e. The standard InChI is InChI=1S/C15H22N6/c1-3-12-10-15(18-14(4-2)17-12)20-8-5-6-13(11-20)21-9-7-16-19-21/h7,9-10,13H,3-6,8,11H2,1-2H3. The highest BCUT2D eigenvalue weighted by atomic mass is 15.4. The van der Waals surface area contributed by atoms with E-state index in [1.54, 1.807) is 6.20 Å². The van der Waals surface area contributed by atoms with Gasteiger partial charge in [0.05, 0.1) is 12.2 Å². The van der Waals surface area contributed by atoms with Gasteiger partial charge in [0, 0.05) is 37.5 Å². The molecular weight excluding hydrogens is 264 g/mol. The highest BCUT2D eigenvalue weighted by Gasteiger charge is 2.23. The molecule has 112 valence electrons. The van der Waals surface area contributed by atoms with E-state index in [0.29, 0.717) is 6.04 Å². The predicted octanol–water partition coefficient (Wildman–Crippen LogP) is 2.03. The summed E-state index contributed by atoms with van der Waals surface area (Å²) in [7, 11) is 0. The molecule has 0 aliphatic carbocycles. The fraction of sp³-hybridized carbons (Fsp3) is 0.600. The molecule has 0 radical (unpaired) electrons. The van der Waals surface area contributed by atoms with E-state index in [1.807, 2.05) is 10.9 Å². The van der Waals surface area contributed by atoms with Gasteiger partial charge in [-0.05, 0) is 19.3 Å². The maximum atomic E-state index is 4.71. The van der Waals surface area contributed by atoms with Crippen molar-refractivity contribution in [3.8, 4) is 0 Å². The van der Waals surface area contributed by atoms with Crippen molar-refractivity contribution in [2.75, 3.05) is 18.0 Å². The number of hydrogen-bond acceptors (Lipinski definition) is 5. The first-order valence-corrected chi connectivity index (χ1v) is 7.77. The molecule has 2 aromatic rings. The molecule has 2 aromatic heterocycles. The molecule has 0 N–H and O–H groups in total. The van der Waals surface area contributed by atoms with E-state index < -0.39 is 0 Å². The summed E-state index contributed by atoms with van der Waals surface area (Å²) >= 11 is 0. The molecule has 6 nitrogen and oxygen atoms in total. The van der Waals surface area contributed by atoms with Crippen LogP contribution in [0.3, 0.4) is 0 Å². The molecule has 3 heterocycles. The normalized spacial score (nSPS) is 19.0. The maximum Gasteiger partial charge on any atom is 0.132 e. The van der Waals surface area contributed by atoms with Gasteiger partial charge in [0.2, 0.25) is 0 Å². The smallest absolute Gasteiger partial charge is 0.132 e. The minimum absolute atomic E-state index is 0.381. The molecule has 0 amide bonds. The summed E-state index contributed by atoms with van der Waals surface area (Å²) < 4.78 is 1.97. The van der Waals surface area contributed by atoms with Crippen molar-refractivity contribution in [1.82, 2.24) is 25.0 Å². The zero-order chi connectivity index (χ0) is 14.7. The average Bonchev–Trinajstić information content (AvgIpc) is 3.09. The summed E-state index contributed by atoms with van der Waals surface area (Å²) in [5.74, 6) is 2.00. The summed E-state index contributed by atoms with van der Waals surface area (Å²) in [6.07, 6.45) is 7.81. The number of aromatic nitrogens is 5. The van der Waals surface area contributed by atoms with Gasteiger partial charge < -0.3 is 4.90 Å². The van der Waals surface area contributed by atoms with E-state index in [-0.39, 0.29) is 0 Å². The van der Waals surface area contributed by atoms with Crippen molar-refractivity contribution in [2.24, 2.45) is 0 Å². The minimum atomic E-state index is 0.381. The van der Waals surface area contributed by atoms with Crippen molar-refractivity contribution >= 4 is 5.82 Å². The maximum absolute atomic E-state index is 4.71. The molecule has 1 unspecified atom stereocenters. The van der Waals surface area contributed by atoms with Crippen LogP contribution in [0.4, 0.5) is 5.82 Å². The van der Waals surface area contributed by atoms with Gasteiger partial charge in [-0.25, -0.2) is 14.6 Å². The summed E-state index contributed by atoms with van der Waals surface area (Å²) in [4.78, 5) is 11.6. The van der Waals surface area contributed by atoms with Gasteiger partial charge in [0.15, 0.2) is 0 Å². The number of aryl methyl sites for hydroxylation is 2. The van der Waals surface area contributed by atoms with Crippen LogP contribution in [0.1, 0.15) is 44.2 Å². The van der Waals surface area contributed by atoms with Crippen molar-refractivity contribution in [3.63, 3.8) is 0 Å². The zero-order valence-corrected chi connectivity index (χ0v) is 12.7. The molecule has 6 heteroatoms. The van der Waals surface area contributed by atoms with E-state index in [2.05, 4.69) is 40.1 Å². The van der Waals surface area contributed by atoms with Gasteiger partial charge in [-0.15, -0.1) is 5.10 Å². The molecule has 0 saturated carbocycles. The first-order valence-electron chi connectivity index (χ1n) is 7.77. The van der Waals surface area contributed by atoms with Gasteiger partial charge >= 0.3 is 0 Å². The minimum Gasteiger partial charge on any atom is -0.354 e. The fourth-order valence-electron chi connectivity index (χ4n) is 2.83. The Morgan fingerprint density at radius 1 is 1.24 bits per heavy atom. The monoisotopic (exact) mass is 286 g/mol. The lowest BCUT2D eigenvalue weighted by Crippen LogP contribution is -2.37. The highest BCUT2D eigenvalue weighted by Crippen LogP contribution is 2.25. The number of anilines is 1. The Hall–Kier alpha value is -1.98. The lowest BCUT2D eigenvalue weighted by molar-refractivity contribution is 0.368. The number of piperidine rings is 1. The second-order valence-corrected chi connectivity index (χ2v) is 5.47. The summed E-state index contributed by atoms with van der Waals surface area (Å²) in [6, 6.07) is 2.51. The number of rotatable bonds is 4. The van der Waals surface area contributed by atoms with Crippen molar-refractivity contribution < 1.29 is 0 Å². The van der Waals surface area contributed by atoms with Crippen LogP contribution in [0.2, 0.25) is 0 Å². The van der Waals surface area contributed by atoms with Crippen LogP contribution in [0, 0.1) is 0 Å². The summed E-state index contributed by atoms with van der Waals surface area (Å²) in [5.41, 5.74) is 1.12. The quantitative estimate of drug-likeness (QED) is 0.860. The summed E-state index contributed by atoms with van der Waals surface area (Å²) in [6.45, 7) is 6.23. The Kier molecular flexibility index (Phi) is 4.13. The third-order valence-corrected chi connectivity index (χ3v) is 4.03. The fourth-order valence-corrected chi connectivity index (χ4v) is 2.83. The van der Waals surface area contributed by atoms with Gasteiger partial charge in [0.25, 0.3) is 0 Å². The van der Waals surface area contributed by atoms with Gasteiger partial charge in [-0.3, -0.25) is 0 Å². The van der Waals surface area contributed by atoms with Crippen LogP contribution < -0.4 is 4.90 Å². The Balaban J connectivity index is 1.82. The zero-order valence-electron chi connectivity index (χ0n) is 12.7. The van der Waals surface area contributed by atoms with E-state index >= 15 is 0 Å². The lowest BCUT2D eigenvalue weighted by atomic mass is 10.1. The molecule has 1 atom stereocenters. The Morgan fingerprint density at radius 3 is 2.86 bits per heavy atom. The predicted molar refractivity (Wildman–Crippen MR) is 81.3 cm³/mol. The Morgan fingerprint density at radius 2 is 2.14 bits per heavy atom. The molecule has 1 aliphatic heterocycles. The first-order chi connectivity index (χ1) is 10.3. The SMILES string of the molecule is CCc1cc(N2CCCC(n3ccnn3)C2)nc(CC)n1. The highest BCUT2D eigenvalue weighted by molar-refractivity contribution is 5.40. The molecule has 1 aliphatic rings. The lowest BCUT2D eigenvalue weighted by Gasteiger charge is -2.33. The molecular formula is C15H22N6. The Bertz CT molecular complexity index is 558. The van der Waals surface area contributed by atoms with Crippen LogP contribution >= 0.6 is 0 Å². The third kappa shape index (κ3) is 3.04. The van der Waals surface area contributed by atoms with Crippen LogP contribution in [-0.2, 0) is 12.8 Å². The van der Waals surface area contributed by atoms with E-state index in [0.717, 1.165) is 56.1 Å². The number of nitrogens with zero attached hydrogens (tertiary/aromatic N) is 6. The van der Waals surface area contributed by atoms with Crippen LogP contribution in [0.15, 0.2) is 18.5 Å². The Labute approximate surface area is 125 Å². The van der Waals surface area contributed by atoms with Crippen molar-refractivity contribution in [1.29, 1.82) is 0 Å². The van der Waals surface area contributed by atoms with E-state index in [9.17, 15) is 0 Å². The molecule has 1 saturated heterocycles. The molecule has 0 aromatic carbocycles. The van der Waals surface area contributed by atoms with Crippen molar-refractivity contribution in [3.05, 3.63) is 30.0 Å². The van der Waals surface area contributed by atoms with Crippen LogP contribution in [0.5, 0.6) is 0 Å². The molecule has 0 spiro atoms.